The van der Waals surface area contributed by atoms with E-state index in [0.717, 1.165) is 18.5 Å². The van der Waals surface area contributed by atoms with Crippen molar-refractivity contribution in [2.75, 3.05) is 12.3 Å². The van der Waals surface area contributed by atoms with Crippen molar-refractivity contribution in [1.29, 1.82) is 0 Å². The van der Waals surface area contributed by atoms with Gasteiger partial charge in [0, 0.05) is 12.6 Å². The van der Waals surface area contributed by atoms with Crippen molar-refractivity contribution in [3.8, 4) is 0 Å². The number of nitrogens with two attached hydrogens (primary N) is 1. The molecule has 4 heteroatoms. The molecule has 19 heavy (non-hydrogen) atoms. The maximum absolute atomic E-state index is 6.11. The third-order valence-electron chi connectivity index (χ3n) is 4.65. The second-order valence-corrected chi connectivity index (χ2v) is 6.66. The smallest absolute Gasteiger partial charge is 0.0693 e. The summed E-state index contributed by atoms with van der Waals surface area (Å²) in [4.78, 5) is 2.60. The van der Waals surface area contributed by atoms with Gasteiger partial charge in [0.2, 0.25) is 0 Å². The Morgan fingerprint density at radius 3 is 2.53 bits per heavy atom. The minimum Gasteiger partial charge on any atom is -0.396 e. The van der Waals surface area contributed by atoms with E-state index >= 15 is 0 Å². The largest absolute Gasteiger partial charge is 0.396 e. The monoisotopic (exact) mass is 298 g/mol. The fraction of sp³-hybridized carbons (Fsp3) is 0.600. The molecule has 2 atom stereocenters. The van der Waals surface area contributed by atoms with Gasteiger partial charge >= 0.3 is 0 Å². The van der Waals surface area contributed by atoms with Crippen molar-refractivity contribution in [2.24, 2.45) is 5.92 Å². The number of likely N-dealkylation sites (tertiary alicyclic amines) is 1. The highest BCUT2D eigenvalue weighted by Gasteiger charge is 2.35. The number of hydrogen-bond acceptors (Lipinski definition) is 2. The van der Waals surface area contributed by atoms with Crippen molar-refractivity contribution in [1.82, 2.24) is 4.90 Å². The van der Waals surface area contributed by atoms with Crippen molar-refractivity contribution in [2.45, 2.75) is 44.7 Å². The predicted molar refractivity (Wildman–Crippen MR) is 81.6 cm³/mol. The van der Waals surface area contributed by atoms with Crippen molar-refractivity contribution < 1.29 is 0 Å². The molecule has 2 nitrogen and oxygen atoms in total. The molecule has 1 saturated heterocycles. The Hall–Kier alpha value is -0.440. The zero-order valence-electron chi connectivity index (χ0n) is 11.0. The molecular formula is C15H20Cl2N2. The van der Waals surface area contributed by atoms with E-state index in [1.165, 1.54) is 44.2 Å². The standard InChI is InChI=1S/C15H20Cl2N2/c16-12-7-10(8-13(17)15(12)18)9-19-6-5-11-3-1-2-4-14(11)19/h7-8,11,14H,1-6,9,18H2. The fourth-order valence-electron chi connectivity index (χ4n) is 3.66. The first-order valence-corrected chi connectivity index (χ1v) is 7.88. The lowest BCUT2D eigenvalue weighted by atomic mass is 9.85. The van der Waals surface area contributed by atoms with E-state index < -0.39 is 0 Å². The van der Waals surface area contributed by atoms with E-state index in [-0.39, 0.29) is 0 Å². The molecule has 3 rings (SSSR count). The molecule has 104 valence electrons. The summed E-state index contributed by atoms with van der Waals surface area (Å²) in [6, 6.07) is 4.68. The summed E-state index contributed by atoms with van der Waals surface area (Å²) < 4.78 is 0. The van der Waals surface area contributed by atoms with Gasteiger partial charge < -0.3 is 5.73 Å². The number of benzene rings is 1. The summed E-state index contributed by atoms with van der Waals surface area (Å²) in [5.74, 6) is 0.911. The summed E-state index contributed by atoms with van der Waals surface area (Å²) in [5.41, 5.74) is 7.45. The molecule has 0 bridgehead atoms. The van der Waals surface area contributed by atoms with Crippen LogP contribution in [0.4, 0.5) is 5.69 Å². The topological polar surface area (TPSA) is 29.3 Å². The number of anilines is 1. The van der Waals surface area contributed by atoms with Crippen LogP contribution in [-0.2, 0) is 6.54 Å². The average Bonchev–Trinajstić information content (AvgIpc) is 2.79. The van der Waals surface area contributed by atoms with Crippen LogP contribution in [0.2, 0.25) is 10.0 Å². The van der Waals surface area contributed by atoms with Gasteiger partial charge in [0.25, 0.3) is 0 Å². The number of fused-ring (bicyclic) bond motifs is 1. The molecule has 0 radical (unpaired) electrons. The Morgan fingerprint density at radius 2 is 1.79 bits per heavy atom. The first kappa shape index (κ1) is 13.5. The fourth-order valence-corrected chi connectivity index (χ4v) is 4.19. The van der Waals surface area contributed by atoms with E-state index in [9.17, 15) is 0 Å². The maximum atomic E-state index is 6.11. The van der Waals surface area contributed by atoms with Gasteiger partial charge in [-0.05, 0) is 49.4 Å². The lowest BCUT2D eigenvalue weighted by Crippen LogP contribution is -2.34. The molecule has 2 fully saturated rings. The minimum absolute atomic E-state index is 0.490. The predicted octanol–water partition coefficient (Wildman–Crippen LogP) is 4.34. The quantitative estimate of drug-likeness (QED) is 0.823. The van der Waals surface area contributed by atoms with Crippen LogP contribution < -0.4 is 5.73 Å². The van der Waals surface area contributed by atoms with Crippen molar-refractivity contribution >= 4 is 28.9 Å². The second kappa shape index (κ2) is 5.51. The number of halogens is 2. The average molecular weight is 299 g/mol. The van der Waals surface area contributed by atoms with E-state index in [0.29, 0.717) is 15.7 Å². The molecule has 0 spiro atoms. The van der Waals surface area contributed by atoms with Gasteiger partial charge in [0.05, 0.1) is 15.7 Å². The Bertz CT molecular complexity index is 452. The highest BCUT2D eigenvalue weighted by Crippen LogP contribution is 2.37. The molecule has 1 heterocycles. The van der Waals surface area contributed by atoms with Crippen LogP contribution in [0.1, 0.15) is 37.7 Å². The van der Waals surface area contributed by atoms with Crippen LogP contribution in [0.15, 0.2) is 12.1 Å². The van der Waals surface area contributed by atoms with Crippen LogP contribution >= 0.6 is 23.2 Å². The van der Waals surface area contributed by atoms with E-state index in [1.807, 2.05) is 12.1 Å². The SMILES string of the molecule is Nc1c(Cl)cc(CN2CCC3CCCCC32)cc1Cl. The molecule has 1 aromatic rings. The van der Waals surface area contributed by atoms with Gasteiger partial charge in [-0.1, -0.05) is 36.0 Å². The van der Waals surface area contributed by atoms with Gasteiger partial charge in [-0.15, -0.1) is 0 Å². The maximum Gasteiger partial charge on any atom is 0.0693 e. The zero-order chi connectivity index (χ0) is 13.4. The highest BCUT2D eigenvalue weighted by molar-refractivity contribution is 6.38. The van der Waals surface area contributed by atoms with Crippen molar-refractivity contribution in [3.63, 3.8) is 0 Å². The number of rotatable bonds is 2. The molecule has 1 aromatic carbocycles. The summed E-state index contributed by atoms with van der Waals surface area (Å²) in [6.45, 7) is 2.15. The van der Waals surface area contributed by atoms with Crippen LogP contribution in [0.25, 0.3) is 0 Å². The Balaban J connectivity index is 1.75. The minimum atomic E-state index is 0.490. The number of hydrogen-bond donors (Lipinski definition) is 1. The Morgan fingerprint density at radius 1 is 1.11 bits per heavy atom. The molecule has 0 amide bonds. The summed E-state index contributed by atoms with van der Waals surface area (Å²) in [5, 5.41) is 1.14. The molecule has 2 aliphatic rings. The van der Waals surface area contributed by atoms with E-state index in [2.05, 4.69) is 4.90 Å². The van der Waals surface area contributed by atoms with Gasteiger partial charge in [0.15, 0.2) is 0 Å². The van der Waals surface area contributed by atoms with Gasteiger partial charge in [-0.3, -0.25) is 4.90 Å². The van der Waals surface area contributed by atoms with E-state index in [1.54, 1.807) is 0 Å². The lowest BCUT2D eigenvalue weighted by Gasteiger charge is -2.31. The Kier molecular flexibility index (Phi) is 3.93. The summed E-state index contributed by atoms with van der Waals surface area (Å²) in [7, 11) is 0. The molecular weight excluding hydrogens is 279 g/mol. The van der Waals surface area contributed by atoms with Crippen LogP contribution in [0, 0.1) is 5.92 Å². The lowest BCUT2D eigenvalue weighted by molar-refractivity contribution is 0.176. The summed E-state index contributed by atoms with van der Waals surface area (Å²) in [6.07, 6.45) is 6.89. The van der Waals surface area contributed by atoms with E-state index in [4.69, 9.17) is 28.9 Å². The number of nitrogens with zero attached hydrogens (tertiary/aromatic N) is 1. The molecule has 2 N–H and O–H groups in total. The first-order valence-electron chi connectivity index (χ1n) is 7.12. The molecule has 1 aliphatic carbocycles. The first-order chi connectivity index (χ1) is 9.15. The molecule has 2 unspecified atom stereocenters. The highest BCUT2D eigenvalue weighted by atomic mass is 35.5. The van der Waals surface area contributed by atoms with Gasteiger partial charge in [-0.25, -0.2) is 0 Å². The third-order valence-corrected chi connectivity index (χ3v) is 5.28. The van der Waals surface area contributed by atoms with Crippen molar-refractivity contribution in [3.05, 3.63) is 27.7 Å². The van der Waals surface area contributed by atoms with Crippen LogP contribution in [-0.4, -0.2) is 17.5 Å². The zero-order valence-corrected chi connectivity index (χ0v) is 12.6. The van der Waals surface area contributed by atoms with Gasteiger partial charge in [-0.2, -0.15) is 0 Å². The second-order valence-electron chi connectivity index (χ2n) is 5.84. The van der Waals surface area contributed by atoms with Crippen LogP contribution in [0.3, 0.4) is 0 Å². The molecule has 0 aromatic heterocycles. The Labute approximate surface area is 124 Å². The van der Waals surface area contributed by atoms with Crippen LogP contribution in [0.5, 0.6) is 0 Å². The van der Waals surface area contributed by atoms with Gasteiger partial charge in [0.1, 0.15) is 0 Å². The summed E-state index contributed by atoms with van der Waals surface area (Å²) >= 11 is 12.2. The third kappa shape index (κ3) is 2.72. The normalized spacial score (nSPS) is 27.5. The molecule has 1 aliphatic heterocycles. The number of nitrogen functional groups attached to an aromatic ring is 1. The molecule has 1 saturated carbocycles.